The fraction of sp³-hybridized carbons (Fsp3) is 0.409. The number of anilines is 1. The Hall–Kier alpha value is -2.94. The lowest BCUT2D eigenvalue weighted by atomic mass is 9.99. The van der Waals surface area contributed by atoms with Crippen molar-refractivity contribution >= 4 is 27.3 Å². The number of hydrogen-bond acceptors (Lipinski definition) is 5. The van der Waals surface area contributed by atoms with Crippen LogP contribution in [0.1, 0.15) is 39.5 Å². The van der Waals surface area contributed by atoms with Gasteiger partial charge < -0.3 is 5.32 Å². The number of nitrogens with zero attached hydrogens (tertiary/aromatic N) is 2. The summed E-state index contributed by atoms with van der Waals surface area (Å²) in [6.07, 6.45) is 4.04. The van der Waals surface area contributed by atoms with Crippen molar-refractivity contribution in [1.82, 2.24) is 5.32 Å². The van der Waals surface area contributed by atoms with Gasteiger partial charge in [0.25, 0.3) is 15.7 Å². The molecule has 2 aromatic carbocycles. The fourth-order valence-electron chi connectivity index (χ4n) is 3.18. The number of hydrogen-bond donors (Lipinski definition) is 1. The van der Waals surface area contributed by atoms with Crippen LogP contribution in [-0.2, 0) is 14.8 Å². The molecule has 2 rings (SSSR count). The third-order valence-electron chi connectivity index (χ3n) is 5.08. The van der Waals surface area contributed by atoms with Crippen LogP contribution in [0.5, 0.6) is 0 Å². The summed E-state index contributed by atoms with van der Waals surface area (Å²) in [6.45, 7) is 4.16. The van der Waals surface area contributed by atoms with E-state index in [0.717, 1.165) is 36.1 Å². The Labute approximate surface area is 183 Å². The van der Waals surface area contributed by atoms with Crippen molar-refractivity contribution in [2.75, 3.05) is 17.4 Å². The summed E-state index contributed by atoms with van der Waals surface area (Å²) in [7, 11) is -4.10. The predicted octanol–water partition coefficient (Wildman–Crippen LogP) is 4.12. The molecule has 8 nitrogen and oxygen atoms in total. The van der Waals surface area contributed by atoms with Crippen LogP contribution in [0.3, 0.4) is 0 Å². The molecule has 0 saturated carbocycles. The van der Waals surface area contributed by atoms with E-state index in [9.17, 15) is 23.3 Å². The minimum absolute atomic E-state index is 0.00341. The molecule has 0 unspecified atom stereocenters. The van der Waals surface area contributed by atoms with Crippen molar-refractivity contribution in [3.8, 4) is 0 Å². The van der Waals surface area contributed by atoms with E-state index in [1.54, 1.807) is 18.2 Å². The number of sulfonamides is 1. The first-order valence-electron chi connectivity index (χ1n) is 10.4. The Balaban J connectivity index is 2.29. The number of non-ortho nitro benzene ring substituents is 1. The van der Waals surface area contributed by atoms with Gasteiger partial charge in [-0.25, -0.2) is 8.42 Å². The highest BCUT2D eigenvalue weighted by atomic mass is 32.2. The molecule has 0 aromatic heterocycles. The lowest BCUT2D eigenvalue weighted by Gasteiger charge is -2.24. The molecule has 0 saturated heterocycles. The third kappa shape index (κ3) is 6.78. The molecule has 1 N–H and O–H groups in total. The van der Waals surface area contributed by atoms with E-state index in [2.05, 4.69) is 19.2 Å². The first kappa shape index (κ1) is 24.3. The van der Waals surface area contributed by atoms with Crippen LogP contribution < -0.4 is 9.62 Å². The lowest BCUT2D eigenvalue weighted by molar-refractivity contribution is -0.384. The van der Waals surface area contributed by atoms with Crippen LogP contribution in [0.4, 0.5) is 11.4 Å². The average Bonchev–Trinajstić information content (AvgIpc) is 2.78. The van der Waals surface area contributed by atoms with E-state index < -0.39 is 27.4 Å². The molecular weight excluding hydrogens is 418 g/mol. The van der Waals surface area contributed by atoms with Crippen molar-refractivity contribution in [3.63, 3.8) is 0 Å². The molecule has 0 aliphatic heterocycles. The third-order valence-corrected chi connectivity index (χ3v) is 6.87. The number of nitro groups is 1. The largest absolute Gasteiger partial charge is 0.354 e. The Kier molecular flexibility index (Phi) is 8.99. The van der Waals surface area contributed by atoms with Gasteiger partial charge in [0.05, 0.1) is 15.5 Å². The summed E-state index contributed by atoms with van der Waals surface area (Å²) in [5.74, 6) is -0.137. The number of rotatable bonds is 12. The number of amides is 1. The van der Waals surface area contributed by atoms with Gasteiger partial charge in [-0.1, -0.05) is 57.4 Å². The summed E-state index contributed by atoms with van der Waals surface area (Å²) < 4.78 is 27.4. The van der Waals surface area contributed by atoms with Gasteiger partial charge in [0.2, 0.25) is 5.91 Å². The Morgan fingerprint density at radius 3 is 2.45 bits per heavy atom. The highest BCUT2D eigenvalue weighted by Crippen LogP contribution is 2.26. The van der Waals surface area contributed by atoms with Crippen molar-refractivity contribution in [2.45, 2.75) is 44.4 Å². The van der Waals surface area contributed by atoms with Crippen LogP contribution in [-0.4, -0.2) is 32.3 Å². The maximum Gasteiger partial charge on any atom is 0.271 e. The normalized spacial score (nSPS) is 12.2. The Morgan fingerprint density at radius 1 is 1.13 bits per heavy atom. The minimum atomic E-state index is -4.10. The number of nitro benzene ring substituents is 1. The summed E-state index contributed by atoms with van der Waals surface area (Å²) in [5, 5.41) is 14.0. The van der Waals surface area contributed by atoms with E-state index in [-0.39, 0.29) is 16.3 Å². The molecule has 0 fully saturated rings. The molecule has 1 atom stereocenters. The van der Waals surface area contributed by atoms with Gasteiger partial charge in [0, 0.05) is 18.7 Å². The van der Waals surface area contributed by atoms with Gasteiger partial charge in [0.15, 0.2) is 0 Å². The fourth-order valence-corrected chi connectivity index (χ4v) is 4.62. The molecule has 0 aliphatic rings. The van der Waals surface area contributed by atoms with Gasteiger partial charge in [-0.2, -0.15) is 0 Å². The molecule has 0 aliphatic carbocycles. The first-order chi connectivity index (χ1) is 14.8. The molecule has 0 bridgehead atoms. The summed E-state index contributed by atoms with van der Waals surface area (Å²) in [4.78, 5) is 23.2. The topological polar surface area (TPSA) is 110 Å². The zero-order chi connectivity index (χ0) is 22.9. The van der Waals surface area contributed by atoms with Crippen LogP contribution >= 0.6 is 0 Å². The highest BCUT2D eigenvalue weighted by molar-refractivity contribution is 7.92. The number of carbonyl (C=O) groups excluding carboxylic acids is 1. The molecule has 1 amide bonds. The average molecular weight is 448 g/mol. The second-order valence-corrected chi connectivity index (χ2v) is 9.18. The molecule has 2 aromatic rings. The zero-order valence-corrected chi connectivity index (χ0v) is 18.7. The zero-order valence-electron chi connectivity index (χ0n) is 17.9. The van der Waals surface area contributed by atoms with Gasteiger partial charge in [0.1, 0.15) is 6.54 Å². The van der Waals surface area contributed by atoms with E-state index in [0.29, 0.717) is 12.5 Å². The van der Waals surface area contributed by atoms with Crippen LogP contribution in [0.15, 0.2) is 59.5 Å². The monoisotopic (exact) mass is 447 g/mol. The summed E-state index contributed by atoms with van der Waals surface area (Å²) >= 11 is 0. The van der Waals surface area contributed by atoms with Crippen molar-refractivity contribution in [2.24, 2.45) is 5.92 Å². The second-order valence-electron chi connectivity index (χ2n) is 7.32. The summed E-state index contributed by atoms with van der Waals surface area (Å²) in [6, 6.07) is 13.0. The molecule has 31 heavy (non-hydrogen) atoms. The maximum atomic E-state index is 13.3. The SMILES string of the molecule is CCCC[C@H](CC)CNC(=O)CN(c1cccc([N+](=O)[O-])c1)S(=O)(=O)c1ccccc1. The number of nitrogens with one attached hydrogen (secondary N) is 1. The molecule has 9 heteroatoms. The Morgan fingerprint density at radius 2 is 1.84 bits per heavy atom. The van der Waals surface area contributed by atoms with Gasteiger partial charge >= 0.3 is 0 Å². The molecule has 0 heterocycles. The van der Waals surface area contributed by atoms with Gasteiger partial charge in [-0.15, -0.1) is 0 Å². The standard InChI is InChI=1S/C22H29N3O5S/c1-3-5-10-18(4-2)16-23-22(26)17-24(19-11-9-12-20(15-19)25(27)28)31(29,30)21-13-7-6-8-14-21/h6-9,11-15,18H,3-5,10,16-17H2,1-2H3,(H,23,26)/t18-/m0/s1. The van der Waals surface area contributed by atoms with Crippen molar-refractivity contribution < 1.29 is 18.1 Å². The highest BCUT2D eigenvalue weighted by Gasteiger charge is 2.28. The molecule has 168 valence electrons. The molecule has 0 spiro atoms. The molecular formula is C22H29N3O5S. The first-order valence-corrected chi connectivity index (χ1v) is 11.8. The minimum Gasteiger partial charge on any atom is -0.354 e. The number of carbonyl (C=O) groups is 1. The second kappa shape index (κ2) is 11.5. The van der Waals surface area contributed by atoms with Crippen LogP contribution in [0.25, 0.3) is 0 Å². The van der Waals surface area contributed by atoms with E-state index >= 15 is 0 Å². The van der Waals surface area contributed by atoms with Crippen LogP contribution in [0, 0.1) is 16.0 Å². The smallest absolute Gasteiger partial charge is 0.271 e. The maximum absolute atomic E-state index is 13.3. The van der Waals surface area contributed by atoms with E-state index in [1.807, 2.05) is 0 Å². The van der Waals surface area contributed by atoms with E-state index in [1.165, 1.54) is 30.3 Å². The lowest BCUT2D eigenvalue weighted by Crippen LogP contribution is -2.42. The van der Waals surface area contributed by atoms with Gasteiger partial charge in [-0.3, -0.25) is 19.2 Å². The van der Waals surface area contributed by atoms with E-state index in [4.69, 9.17) is 0 Å². The van der Waals surface area contributed by atoms with Crippen molar-refractivity contribution in [1.29, 1.82) is 0 Å². The van der Waals surface area contributed by atoms with Crippen molar-refractivity contribution in [3.05, 3.63) is 64.7 Å². The summed E-state index contributed by atoms with van der Waals surface area (Å²) in [5.41, 5.74) is -0.192. The van der Waals surface area contributed by atoms with Crippen LogP contribution in [0.2, 0.25) is 0 Å². The Bertz CT molecular complexity index is 980. The predicted molar refractivity (Wildman–Crippen MR) is 120 cm³/mol. The quantitative estimate of drug-likeness (QED) is 0.389. The van der Waals surface area contributed by atoms with Gasteiger partial charge in [-0.05, 0) is 30.5 Å². The molecule has 0 radical (unpaired) electrons. The number of benzene rings is 2. The number of unbranched alkanes of at least 4 members (excludes halogenated alkanes) is 1.